The third kappa shape index (κ3) is 2.57. The Balaban J connectivity index is 2.20. The van der Waals surface area contributed by atoms with Gasteiger partial charge < -0.3 is 5.32 Å². The van der Waals surface area contributed by atoms with Crippen LogP contribution in [0.15, 0.2) is 22.8 Å². The summed E-state index contributed by atoms with van der Waals surface area (Å²) in [6.07, 6.45) is 0. The van der Waals surface area contributed by atoms with Gasteiger partial charge in [-0.3, -0.25) is 4.79 Å². The number of rotatable bonds is 2. The lowest BCUT2D eigenvalue weighted by Crippen LogP contribution is -2.12. The molecule has 0 saturated carbocycles. The highest BCUT2D eigenvalue weighted by Gasteiger charge is 2.12. The van der Waals surface area contributed by atoms with Crippen molar-refractivity contribution in [2.75, 3.05) is 5.32 Å². The number of anilines is 1. The van der Waals surface area contributed by atoms with Crippen molar-refractivity contribution in [3.63, 3.8) is 0 Å². The third-order valence-corrected chi connectivity index (χ3v) is 2.81. The molecule has 0 fully saturated rings. The lowest BCUT2D eigenvalue weighted by Gasteiger charge is -2.03. The highest BCUT2D eigenvalue weighted by molar-refractivity contribution is 6.42. The molecule has 88 valence electrons. The first-order chi connectivity index (χ1) is 8.08. The van der Waals surface area contributed by atoms with Crippen molar-refractivity contribution in [2.45, 2.75) is 6.92 Å². The number of halogens is 2. The number of aryl methyl sites for hydroxylation is 1. The van der Waals surface area contributed by atoms with Crippen molar-refractivity contribution in [3.8, 4) is 0 Å². The van der Waals surface area contributed by atoms with Gasteiger partial charge in [0.2, 0.25) is 5.82 Å². The van der Waals surface area contributed by atoms with Crippen LogP contribution in [0.5, 0.6) is 0 Å². The maximum Gasteiger partial charge on any atom is 0.257 e. The second-order valence-corrected chi connectivity index (χ2v) is 4.10. The van der Waals surface area contributed by atoms with Crippen molar-refractivity contribution < 1.29 is 9.42 Å². The zero-order valence-electron chi connectivity index (χ0n) is 8.70. The molecular formula is C10H7Cl2N3O2. The number of nitrogens with one attached hydrogen (secondary N) is 1. The van der Waals surface area contributed by atoms with E-state index in [0.29, 0.717) is 21.3 Å². The van der Waals surface area contributed by atoms with Gasteiger partial charge in [0.15, 0.2) is 0 Å². The zero-order chi connectivity index (χ0) is 12.4. The molecule has 1 aromatic heterocycles. The summed E-state index contributed by atoms with van der Waals surface area (Å²) in [4.78, 5) is 11.8. The van der Waals surface area contributed by atoms with Gasteiger partial charge in [-0.25, -0.2) is 4.63 Å². The van der Waals surface area contributed by atoms with Gasteiger partial charge in [-0.15, -0.1) is 0 Å². The molecule has 0 saturated heterocycles. The first kappa shape index (κ1) is 11.9. The molecule has 0 aliphatic heterocycles. The van der Waals surface area contributed by atoms with Crippen molar-refractivity contribution in [1.29, 1.82) is 0 Å². The predicted octanol–water partition coefficient (Wildman–Crippen LogP) is 2.94. The fourth-order valence-corrected chi connectivity index (χ4v) is 1.46. The van der Waals surface area contributed by atoms with E-state index in [9.17, 15) is 4.79 Å². The molecule has 0 bridgehead atoms. The molecule has 0 unspecified atom stereocenters. The minimum Gasteiger partial charge on any atom is -0.302 e. The molecule has 17 heavy (non-hydrogen) atoms. The zero-order valence-corrected chi connectivity index (χ0v) is 10.2. The summed E-state index contributed by atoms with van der Waals surface area (Å²) < 4.78 is 4.46. The molecule has 1 N–H and O–H groups in total. The minimum atomic E-state index is -0.359. The largest absolute Gasteiger partial charge is 0.302 e. The fraction of sp³-hybridized carbons (Fsp3) is 0.100. The standard InChI is InChI=1S/C10H7Cl2N3O2/c1-5-9(15-17-14-5)13-10(16)6-2-3-7(11)8(12)4-6/h2-4H,1H3,(H,13,15,16). The van der Waals surface area contributed by atoms with Gasteiger partial charge in [-0.05, 0) is 30.3 Å². The molecule has 2 aromatic rings. The second-order valence-electron chi connectivity index (χ2n) is 3.28. The van der Waals surface area contributed by atoms with Crippen LogP contribution in [0.2, 0.25) is 10.0 Å². The van der Waals surface area contributed by atoms with Crippen molar-refractivity contribution in [3.05, 3.63) is 39.5 Å². The second kappa shape index (κ2) is 4.73. The SMILES string of the molecule is Cc1nonc1NC(=O)c1ccc(Cl)c(Cl)c1. The Hall–Kier alpha value is -1.59. The molecule has 1 heterocycles. The monoisotopic (exact) mass is 271 g/mol. The van der Waals surface area contributed by atoms with E-state index in [0.717, 1.165) is 0 Å². The van der Waals surface area contributed by atoms with E-state index in [1.807, 2.05) is 0 Å². The number of aromatic nitrogens is 2. The molecule has 1 aromatic carbocycles. The lowest BCUT2D eigenvalue weighted by atomic mass is 10.2. The Kier molecular flexibility index (Phi) is 3.31. The fourth-order valence-electron chi connectivity index (χ4n) is 1.16. The Labute approximate surface area is 107 Å². The predicted molar refractivity (Wildman–Crippen MR) is 63.5 cm³/mol. The topological polar surface area (TPSA) is 68.0 Å². The van der Waals surface area contributed by atoms with Crippen molar-refractivity contribution >= 4 is 34.9 Å². The summed E-state index contributed by atoms with van der Waals surface area (Å²) in [5, 5.41) is 10.3. The first-order valence-corrected chi connectivity index (χ1v) is 5.39. The van der Waals surface area contributed by atoms with Gasteiger partial charge >= 0.3 is 0 Å². The first-order valence-electron chi connectivity index (χ1n) is 4.63. The number of benzene rings is 1. The van der Waals surface area contributed by atoms with Crippen LogP contribution in [0.1, 0.15) is 16.1 Å². The van der Waals surface area contributed by atoms with Crippen LogP contribution in [0.25, 0.3) is 0 Å². The van der Waals surface area contributed by atoms with Gasteiger partial charge in [0, 0.05) is 5.56 Å². The number of nitrogens with zero attached hydrogens (tertiary/aromatic N) is 2. The Bertz CT molecular complexity index is 568. The number of hydrogen-bond acceptors (Lipinski definition) is 4. The van der Waals surface area contributed by atoms with Crippen LogP contribution in [-0.2, 0) is 0 Å². The Morgan fingerprint density at radius 2 is 2.06 bits per heavy atom. The highest BCUT2D eigenvalue weighted by atomic mass is 35.5. The van der Waals surface area contributed by atoms with Gasteiger partial charge in [-0.1, -0.05) is 28.4 Å². The van der Waals surface area contributed by atoms with E-state index in [2.05, 4.69) is 20.3 Å². The van der Waals surface area contributed by atoms with E-state index in [1.165, 1.54) is 6.07 Å². The van der Waals surface area contributed by atoms with Crippen molar-refractivity contribution in [1.82, 2.24) is 10.3 Å². The van der Waals surface area contributed by atoms with Crippen LogP contribution in [0.3, 0.4) is 0 Å². The Morgan fingerprint density at radius 1 is 1.29 bits per heavy atom. The van der Waals surface area contributed by atoms with Crippen LogP contribution in [-0.4, -0.2) is 16.2 Å². The summed E-state index contributed by atoms with van der Waals surface area (Å²) in [5.74, 6) is -0.0801. The normalized spacial score (nSPS) is 10.3. The molecule has 0 spiro atoms. The van der Waals surface area contributed by atoms with Crippen molar-refractivity contribution in [2.24, 2.45) is 0 Å². The van der Waals surface area contributed by atoms with E-state index in [1.54, 1.807) is 19.1 Å². The average Bonchev–Trinajstić information content (AvgIpc) is 2.68. The van der Waals surface area contributed by atoms with Crippen LogP contribution >= 0.6 is 23.2 Å². The number of amides is 1. The summed E-state index contributed by atoms with van der Waals surface area (Å²) >= 11 is 11.6. The van der Waals surface area contributed by atoms with E-state index in [4.69, 9.17) is 23.2 Å². The maximum absolute atomic E-state index is 11.8. The van der Waals surface area contributed by atoms with Gasteiger partial charge in [0.1, 0.15) is 5.69 Å². The Morgan fingerprint density at radius 3 is 2.65 bits per heavy atom. The molecule has 0 radical (unpaired) electrons. The molecule has 0 atom stereocenters. The number of hydrogen-bond donors (Lipinski definition) is 1. The molecule has 0 aliphatic carbocycles. The highest BCUT2D eigenvalue weighted by Crippen LogP contribution is 2.23. The summed E-state index contributed by atoms with van der Waals surface area (Å²) in [6.45, 7) is 1.67. The third-order valence-electron chi connectivity index (χ3n) is 2.07. The maximum atomic E-state index is 11.8. The number of carbonyl (C=O) groups excluding carboxylic acids is 1. The molecule has 2 rings (SSSR count). The van der Waals surface area contributed by atoms with E-state index < -0.39 is 0 Å². The van der Waals surface area contributed by atoms with Crippen LogP contribution in [0.4, 0.5) is 5.82 Å². The summed E-state index contributed by atoms with van der Waals surface area (Å²) in [6, 6.07) is 4.58. The van der Waals surface area contributed by atoms with Crippen LogP contribution in [0, 0.1) is 6.92 Å². The van der Waals surface area contributed by atoms with E-state index >= 15 is 0 Å². The smallest absolute Gasteiger partial charge is 0.257 e. The van der Waals surface area contributed by atoms with Crippen LogP contribution < -0.4 is 5.32 Å². The van der Waals surface area contributed by atoms with Gasteiger partial charge in [-0.2, -0.15) is 0 Å². The van der Waals surface area contributed by atoms with E-state index in [-0.39, 0.29) is 11.7 Å². The lowest BCUT2D eigenvalue weighted by molar-refractivity contribution is 0.102. The molecule has 5 nitrogen and oxygen atoms in total. The molecule has 1 amide bonds. The van der Waals surface area contributed by atoms with Gasteiger partial charge in [0.05, 0.1) is 10.0 Å². The quantitative estimate of drug-likeness (QED) is 0.912. The molecule has 7 heteroatoms. The summed E-state index contributed by atoms with van der Waals surface area (Å²) in [7, 11) is 0. The summed E-state index contributed by atoms with van der Waals surface area (Å²) in [5.41, 5.74) is 0.875. The molecule has 0 aliphatic rings. The number of carbonyl (C=O) groups is 1. The minimum absolute atomic E-state index is 0.279. The van der Waals surface area contributed by atoms with Gasteiger partial charge in [0.25, 0.3) is 5.91 Å². The molecular weight excluding hydrogens is 265 g/mol. The average molecular weight is 272 g/mol.